The van der Waals surface area contributed by atoms with Crippen molar-refractivity contribution in [3.8, 4) is 0 Å². The zero-order valence-electron chi connectivity index (χ0n) is 10.1. The van der Waals surface area contributed by atoms with E-state index in [2.05, 4.69) is 5.32 Å². The number of rotatable bonds is 3. The van der Waals surface area contributed by atoms with Gasteiger partial charge in [0.15, 0.2) is 11.6 Å². The highest BCUT2D eigenvalue weighted by Crippen LogP contribution is 2.30. The Morgan fingerprint density at radius 3 is 2.29 bits per heavy atom. The number of carboxylic acids is 1. The Hall–Kier alpha value is -1.84. The fourth-order valence-electron chi connectivity index (χ4n) is 1.65. The highest BCUT2D eigenvalue weighted by atomic mass is 127. The van der Waals surface area contributed by atoms with Crippen molar-refractivity contribution in [3.63, 3.8) is 0 Å². The summed E-state index contributed by atoms with van der Waals surface area (Å²) in [5, 5.41) is 11.0. The van der Waals surface area contributed by atoms with Crippen molar-refractivity contribution in [2.24, 2.45) is 0 Å². The molecule has 0 radical (unpaired) electrons. The molecular formula is C13H6F4INO2. The second-order valence-electron chi connectivity index (χ2n) is 3.96. The highest BCUT2D eigenvalue weighted by Gasteiger charge is 2.24. The summed E-state index contributed by atoms with van der Waals surface area (Å²) >= 11 is 1.83. The number of carbonyl (C=O) groups is 1. The maximum Gasteiger partial charge on any atom is 0.340 e. The number of nitrogens with one attached hydrogen (secondary N) is 1. The van der Waals surface area contributed by atoms with Gasteiger partial charge in [-0.3, -0.25) is 0 Å². The summed E-state index contributed by atoms with van der Waals surface area (Å²) in [6, 6.07) is 3.87. The van der Waals surface area contributed by atoms with Gasteiger partial charge in [-0.1, -0.05) is 0 Å². The van der Waals surface area contributed by atoms with Crippen molar-refractivity contribution in [1.82, 2.24) is 0 Å². The van der Waals surface area contributed by atoms with Crippen LogP contribution >= 0.6 is 22.6 Å². The van der Waals surface area contributed by atoms with Crippen LogP contribution in [0.4, 0.5) is 28.9 Å². The van der Waals surface area contributed by atoms with Gasteiger partial charge in [0.1, 0.15) is 17.2 Å². The number of carboxylic acid groups (broad SMARTS) is 1. The molecule has 2 aromatic carbocycles. The normalized spacial score (nSPS) is 10.5. The summed E-state index contributed by atoms with van der Waals surface area (Å²) in [5.41, 5.74) is -2.38. The van der Waals surface area contributed by atoms with E-state index in [1.807, 2.05) is 22.6 Å². The van der Waals surface area contributed by atoms with Gasteiger partial charge < -0.3 is 10.4 Å². The molecule has 8 heteroatoms. The first kappa shape index (κ1) is 15.5. The molecular weight excluding hydrogens is 405 g/mol. The minimum atomic E-state index is -1.81. The SMILES string of the molecule is O=C(O)c1c(F)cc(F)c(F)c1Nc1ccc(I)cc1F. The largest absolute Gasteiger partial charge is 0.478 e. The monoisotopic (exact) mass is 411 g/mol. The van der Waals surface area contributed by atoms with E-state index in [4.69, 9.17) is 5.11 Å². The number of hydrogen-bond acceptors (Lipinski definition) is 2. The predicted octanol–water partition coefficient (Wildman–Crippen LogP) is 4.29. The van der Waals surface area contributed by atoms with Crippen LogP contribution in [0.2, 0.25) is 0 Å². The van der Waals surface area contributed by atoms with E-state index in [1.54, 1.807) is 0 Å². The second-order valence-corrected chi connectivity index (χ2v) is 5.20. The maximum absolute atomic E-state index is 13.7. The molecule has 0 heterocycles. The zero-order chi connectivity index (χ0) is 15.7. The number of hydrogen-bond donors (Lipinski definition) is 2. The molecule has 0 aliphatic carbocycles. The van der Waals surface area contributed by atoms with Crippen LogP contribution in [0.15, 0.2) is 24.3 Å². The molecule has 0 amide bonds. The van der Waals surface area contributed by atoms with Gasteiger partial charge >= 0.3 is 5.97 Å². The van der Waals surface area contributed by atoms with Gasteiger partial charge in [0, 0.05) is 9.64 Å². The molecule has 0 saturated heterocycles. The van der Waals surface area contributed by atoms with Crippen molar-refractivity contribution in [1.29, 1.82) is 0 Å². The van der Waals surface area contributed by atoms with Gasteiger partial charge in [0.2, 0.25) is 0 Å². The van der Waals surface area contributed by atoms with E-state index in [-0.39, 0.29) is 11.8 Å². The molecule has 3 nitrogen and oxygen atoms in total. The van der Waals surface area contributed by atoms with Gasteiger partial charge in [0.05, 0.1) is 11.4 Å². The van der Waals surface area contributed by atoms with E-state index in [9.17, 15) is 22.4 Å². The molecule has 0 aliphatic heterocycles. The Morgan fingerprint density at radius 2 is 1.71 bits per heavy atom. The van der Waals surface area contributed by atoms with Crippen LogP contribution in [-0.2, 0) is 0 Å². The molecule has 0 aromatic heterocycles. The lowest BCUT2D eigenvalue weighted by molar-refractivity contribution is 0.0692. The summed E-state index contributed by atoms with van der Waals surface area (Å²) in [4.78, 5) is 11.0. The van der Waals surface area contributed by atoms with E-state index in [1.165, 1.54) is 12.1 Å². The minimum Gasteiger partial charge on any atom is -0.478 e. The third-order valence-electron chi connectivity index (χ3n) is 2.58. The summed E-state index contributed by atoms with van der Waals surface area (Å²) in [6.07, 6.45) is 0. The first-order valence-corrected chi connectivity index (χ1v) is 6.52. The fraction of sp³-hybridized carbons (Fsp3) is 0. The van der Waals surface area contributed by atoms with Crippen molar-refractivity contribution < 1.29 is 27.5 Å². The molecule has 110 valence electrons. The lowest BCUT2D eigenvalue weighted by Gasteiger charge is -2.13. The summed E-state index contributed by atoms with van der Waals surface area (Å²) in [5.74, 6) is -7.27. The van der Waals surface area contributed by atoms with Gasteiger partial charge in [-0.05, 0) is 40.8 Å². The molecule has 0 unspecified atom stereocenters. The average molecular weight is 411 g/mol. The molecule has 21 heavy (non-hydrogen) atoms. The van der Waals surface area contributed by atoms with Crippen LogP contribution in [-0.4, -0.2) is 11.1 Å². The van der Waals surface area contributed by atoms with Crippen LogP contribution in [0.3, 0.4) is 0 Å². The van der Waals surface area contributed by atoms with Crippen molar-refractivity contribution in [2.45, 2.75) is 0 Å². The van der Waals surface area contributed by atoms with Crippen molar-refractivity contribution in [3.05, 3.63) is 56.7 Å². The second kappa shape index (κ2) is 5.88. The third-order valence-corrected chi connectivity index (χ3v) is 3.25. The van der Waals surface area contributed by atoms with E-state index in [0.29, 0.717) is 3.57 Å². The Kier molecular flexibility index (Phi) is 4.35. The molecule has 0 atom stereocenters. The number of benzene rings is 2. The molecule has 2 aromatic rings. The third kappa shape index (κ3) is 3.09. The van der Waals surface area contributed by atoms with E-state index < -0.39 is 40.5 Å². The standard InChI is InChI=1S/C13H6F4INO2/c14-6-3-5(18)1-2-9(6)19-12-10(13(20)21)7(15)4-8(16)11(12)17/h1-4,19H,(H,20,21). The summed E-state index contributed by atoms with van der Waals surface area (Å²) < 4.78 is 54.6. The number of halogens is 5. The summed E-state index contributed by atoms with van der Waals surface area (Å²) in [6.45, 7) is 0. The molecule has 0 aliphatic rings. The highest BCUT2D eigenvalue weighted by molar-refractivity contribution is 14.1. The zero-order valence-corrected chi connectivity index (χ0v) is 12.2. The minimum absolute atomic E-state index is 0.119. The molecule has 2 N–H and O–H groups in total. The lowest BCUT2D eigenvalue weighted by atomic mass is 10.1. The Balaban J connectivity index is 2.60. The first-order valence-electron chi connectivity index (χ1n) is 5.44. The van der Waals surface area contributed by atoms with Gasteiger partial charge in [-0.25, -0.2) is 22.4 Å². The van der Waals surface area contributed by atoms with Crippen LogP contribution in [0.1, 0.15) is 10.4 Å². The van der Waals surface area contributed by atoms with Crippen molar-refractivity contribution in [2.75, 3.05) is 5.32 Å². The molecule has 0 bridgehead atoms. The van der Waals surface area contributed by atoms with Gasteiger partial charge in [-0.2, -0.15) is 0 Å². The molecule has 2 rings (SSSR count). The fourth-order valence-corrected chi connectivity index (χ4v) is 2.10. The van der Waals surface area contributed by atoms with E-state index in [0.717, 1.165) is 6.07 Å². The number of anilines is 2. The van der Waals surface area contributed by atoms with Crippen LogP contribution < -0.4 is 5.32 Å². The van der Waals surface area contributed by atoms with Gasteiger partial charge in [0.25, 0.3) is 0 Å². The van der Waals surface area contributed by atoms with Crippen LogP contribution in [0.5, 0.6) is 0 Å². The van der Waals surface area contributed by atoms with Crippen LogP contribution in [0, 0.1) is 26.8 Å². The first-order chi connectivity index (χ1) is 9.81. The molecule has 0 fully saturated rings. The smallest absolute Gasteiger partial charge is 0.340 e. The quantitative estimate of drug-likeness (QED) is 0.450. The lowest BCUT2D eigenvalue weighted by Crippen LogP contribution is -2.10. The maximum atomic E-state index is 13.7. The Morgan fingerprint density at radius 1 is 1.05 bits per heavy atom. The average Bonchev–Trinajstić information content (AvgIpc) is 2.38. The Bertz CT molecular complexity index is 737. The molecule has 0 spiro atoms. The van der Waals surface area contributed by atoms with Gasteiger partial charge in [-0.15, -0.1) is 0 Å². The van der Waals surface area contributed by atoms with Crippen LogP contribution in [0.25, 0.3) is 0 Å². The van der Waals surface area contributed by atoms with E-state index >= 15 is 0 Å². The Labute approximate surface area is 129 Å². The summed E-state index contributed by atoms with van der Waals surface area (Å²) in [7, 11) is 0. The topological polar surface area (TPSA) is 49.3 Å². The molecule has 0 saturated carbocycles. The predicted molar refractivity (Wildman–Crippen MR) is 75.7 cm³/mol. The number of aromatic carboxylic acids is 1. The van der Waals surface area contributed by atoms with Crippen molar-refractivity contribution >= 4 is 39.9 Å².